The third-order valence-electron chi connectivity index (χ3n) is 4.42. The van der Waals surface area contributed by atoms with Crippen molar-refractivity contribution in [2.45, 2.75) is 51.7 Å². The Bertz CT molecular complexity index is 585. The molecule has 2 unspecified atom stereocenters. The fourth-order valence-electron chi connectivity index (χ4n) is 3.18. The lowest BCUT2D eigenvalue weighted by molar-refractivity contribution is -0.130. The molecule has 3 N–H and O–H groups in total. The van der Waals surface area contributed by atoms with Gasteiger partial charge in [-0.2, -0.15) is 0 Å². The highest BCUT2D eigenvalue weighted by Crippen LogP contribution is 2.34. The van der Waals surface area contributed by atoms with Crippen LogP contribution in [0.5, 0.6) is 0 Å². The smallest absolute Gasteiger partial charge is 0.242 e. The molecule has 126 valence electrons. The number of aliphatic hydroxyl groups is 1. The van der Waals surface area contributed by atoms with Gasteiger partial charge in [0.05, 0.1) is 6.54 Å². The second-order valence-corrected chi connectivity index (χ2v) is 6.68. The van der Waals surface area contributed by atoms with E-state index in [1.807, 2.05) is 38.1 Å². The first-order valence-corrected chi connectivity index (χ1v) is 8.19. The molecular formula is C18H26N2O3. The maximum absolute atomic E-state index is 12.4. The molecule has 0 saturated heterocycles. The predicted octanol–water partition coefficient (Wildman–Crippen LogP) is 1.49. The van der Waals surface area contributed by atoms with Gasteiger partial charge in [0.1, 0.15) is 11.6 Å². The van der Waals surface area contributed by atoms with E-state index in [1.165, 1.54) is 6.92 Å². The molecule has 2 amide bonds. The molecule has 0 aliphatic heterocycles. The van der Waals surface area contributed by atoms with Gasteiger partial charge in [-0.3, -0.25) is 9.59 Å². The van der Waals surface area contributed by atoms with Crippen LogP contribution in [0.15, 0.2) is 24.3 Å². The average molecular weight is 318 g/mol. The molecule has 1 aliphatic carbocycles. The minimum atomic E-state index is -1.04. The third kappa shape index (κ3) is 4.10. The molecule has 0 fully saturated rings. The quantitative estimate of drug-likeness (QED) is 0.769. The normalized spacial score (nSPS) is 21.4. The summed E-state index contributed by atoms with van der Waals surface area (Å²) in [7, 11) is 0. The molecule has 0 bridgehead atoms. The molecule has 2 atom stereocenters. The van der Waals surface area contributed by atoms with Gasteiger partial charge < -0.3 is 15.7 Å². The van der Waals surface area contributed by atoms with E-state index in [0.29, 0.717) is 6.42 Å². The zero-order valence-electron chi connectivity index (χ0n) is 14.1. The highest BCUT2D eigenvalue weighted by molar-refractivity contribution is 5.87. The number of carbonyl (C=O) groups excluding carboxylic acids is 2. The fraction of sp³-hybridized carbons (Fsp3) is 0.556. The van der Waals surface area contributed by atoms with Gasteiger partial charge in [-0.25, -0.2) is 0 Å². The van der Waals surface area contributed by atoms with Crippen LogP contribution in [-0.4, -0.2) is 29.5 Å². The molecule has 0 saturated carbocycles. The summed E-state index contributed by atoms with van der Waals surface area (Å²) in [4.78, 5) is 23.6. The van der Waals surface area contributed by atoms with Crippen LogP contribution in [0, 0.1) is 5.92 Å². The molecule has 1 aromatic rings. The van der Waals surface area contributed by atoms with Crippen LogP contribution < -0.4 is 10.6 Å². The van der Waals surface area contributed by atoms with E-state index in [2.05, 4.69) is 10.6 Å². The van der Waals surface area contributed by atoms with Crippen molar-refractivity contribution in [3.8, 4) is 0 Å². The standard InChI is InChI=1S/C18H26N2O3/c1-12(2)16(20-13(3)21)17(22)19-11-18(23)10-6-8-14-7-4-5-9-15(14)18/h4-5,7,9,12,16,23H,6,8,10-11H2,1-3H3,(H,19,22)(H,20,21). The van der Waals surface area contributed by atoms with Crippen LogP contribution in [0.1, 0.15) is 44.7 Å². The van der Waals surface area contributed by atoms with Gasteiger partial charge in [-0.05, 0) is 36.3 Å². The van der Waals surface area contributed by atoms with E-state index in [-0.39, 0.29) is 24.3 Å². The molecule has 5 heteroatoms. The second kappa shape index (κ2) is 7.13. The van der Waals surface area contributed by atoms with Crippen molar-refractivity contribution in [3.05, 3.63) is 35.4 Å². The Labute approximate surface area is 137 Å². The van der Waals surface area contributed by atoms with E-state index in [9.17, 15) is 14.7 Å². The van der Waals surface area contributed by atoms with Crippen LogP contribution in [0.4, 0.5) is 0 Å². The molecule has 1 aromatic carbocycles. The number of fused-ring (bicyclic) bond motifs is 1. The maximum Gasteiger partial charge on any atom is 0.242 e. The largest absolute Gasteiger partial charge is 0.383 e. The summed E-state index contributed by atoms with van der Waals surface area (Å²) in [5.41, 5.74) is 0.993. The van der Waals surface area contributed by atoms with Gasteiger partial charge in [0, 0.05) is 6.92 Å². The summed E-state index contributed by atoms with van der Waals surface area (Å²) in [5, 5.41) is 16.5. The van der Waals surface area contributed by atoms with E-state index < -0.39 is 11.6 Å². The lowest BCUT2D eigenvalue weighted by Gasteiger charge is -2.35. The van der Waals surface area contributed by atoms with Crippen molar-refractivity contribution in [1.29, 1.82) is 0 Å². The summed E-state index contributed by atoms with van der Waals surface area (Å²) in [6.45, 7) is 5.31. The first-order chi connectivity index (χ1) is 10.8. The number of amides is 2. The van der Waals surface area contributed by atoms with Crippen LogP contribution in [0.25, 0.3) is 0 Å². The first-order valence-electron chi connectivity index (χ1n) is 8.19. The van der Waals surface area contributed by atoms with Crippen LogP contribution in [-0.2, 0) is 21.6 Å². The topological polar surface area (TPSA) is 78.4 Å². The molecule has 5 nitrogen and oxygen atoms in total. The molecule has 0 heterocycles. The number of carbonyl (C=O) groups is 2. The first kappa shape index (κ1) is 17.5. The predicted molar refractivity (Wildman–Crippen MR) is 88.7 cm³/mol. The summed E-state index contributed by atoms with van der Waals surface area (Å²) >= 11 is 0. The van der Waals surface area contributed by atoms with Crippen LogP contribution >= 0.6 is 0 Å². The molecule has 23 heavy (non-hydrogen) atoms. The lowest BCUT2D eigenvalue weighted by atomic mass is 9.79. The van der Waals surface area contributed by atoms with Crippen molar-refractivity contribution in [2.75, 3.05) is 6.54 Å². The van der Waals surface area contributed by atoms with E-state index in [4.69, 9.17) is 0 Å². The van der Waals surface area contributed by atoms with Gasteiger partial charge in [-0.15, -0.1) is 0 Å². The van der Waals surface area contributed by atoms with Gasteiger partial charge in [0.15, 0.2) is 0 Å². The Morgan fingerprint density at radius 1 is 1.30 bits per heavy atom. The van der Waals surface area contributed by atoms with Crippen molar-refractivity contribution in [3.63, 3.8) is 0 Å². The molecule has 2 rings (SSSR count). The Hall–Kier alpha value is -1.88. The Balaban J connectivity index is 2.08. The van der Waals surface area contributed by atoms with Gasteiger partial charge in [-0.1, -0.05) is 38.1 Å². The number of nitrogens with one attached hydrogen (secondary N) is 2. The van der Waals surface area contributed by atoms with Gasteiger partial charge >= 0.3 is 0 Å². The van der Waals surface area contributed by atoms with Crippen LogP contribution in [0.3, 0.4) is 0 Å². The zero-order valence-corrected chi connectivity index (χ0v) is 14.1. The zero-order chi connectivity index (χ0) is 17.0. The molecule has 1 aliphatic rings. The fourth-order valence-corrected chi connectivity index (χ4v) is 3.18. The van der Waals surface area contributed by atoms with Crippen molar-refractivity contribution >= 4 is 11.8 Å². The highest BCUT2D eigenvalue weighted by Gasteiger charge is 2.35. The van der Waals surface area contributed by atoms with Crippen LogP contribution in [0.2, 0.25) is 0 Å². The molecule has 0 radical (unpaired) electrons. The van der Waals surface area contributed by atoms with Crippen molar-refractivity contribution < 1.29 is 14.7 Å². The minimum Gasteiger partial charge on any atom is -0.383 e. The summed E-state index contributed by atoms with van der Waals surface area (Å²) in [5.74, 6) is -0.514. The highest BCUT2D eigenvalue weighted by atomic mass is 16.3. The van der Waals surface area contributed by atoms with Crippen molar-refractivity contribution in [1.82, 2.24) is 10.6 Å². The van der Waals surface area contributed by atoms with E-state index >= 15 is 0 Å². The molecular weight excluding hydrogens is 292 g/mol. The Morgan fingerprint density at radius 2 is 2.00 bits per heavy atom. The SMILES string of the molecule is CC(=O)NC(C(=O)NCC1(O)CCCc2ccccc21)C(C)C. The third-order valence-corrected chi connectivity index (χ3v) is 4.42. The number of rotatable bonds is 5. The summed E-state index contributed by atoms with van der Waals surface area (Å²) < 4.78 is 0. The lowest BCUT2D eigenvalue weighted by Crippen LogP contribution is -2.52. The molecule has 0 aromatic heterocycles. The van der Waals surface area contributed by atoms with Gasteiger partial charge in [0.2, 0.25) is 11.8 Å². The number of benzene rings is 1. The van der Waals surface area contributed by atoms with E-state index in [0.717, 1.165) is 24.0 Å². The molecule has 0 spiro atoms. The average Bonchev–Trinajstić information content (AvgIpc) is 2.50. The minimum absolute atomic E-state index is 0.0211. The second-order valence-electron chi connectivity index (χ2n) is 6.68. The van der Waals surface area contributed by atoms with Crippen molar-refractivity contribution in [2.24, 2.45) is 5.92 Å². The summed E-state index contributed by atoms with van der Waals surface area (Å²) in [6, 6.07) is 7.24. The Kier molecular flexibility index (Phi) is 5.42. The summed E-state index contributed by atoms with van der Waals surface area (Å²) in [6.07, 6.45) is 2.46. The maximum atomic E-state index is 12.4. The van der Waals surface area contributed by atoms with Gasteiger partial charge in [0.25, 0.3) is 0 Å². The Morgan fingerprint density at radius 3 is 2.65 bits per heavy atom. The number of hydrogen-bond acceptors (Lipinski definition) is 3. The number of aryl methyl sites for hydroxylation is 1. The van der Waals surface area contributed by atoms with E-state index in [1.54, 1.807) is 0 Å². The number of hydrogen-bond donors (Lipinski definition) is 3. The monoisotopic (exact) mass is 318 g/mol.